The maximum absolute atomic E-state index is 12.3. The summed E-state index contributed by atoms with van der Waals surface area (Å²) in [5.41, 5.74) is 0. The second kappa shape index (κ2) is 12.7. The third-order valence-electron chi connectivity index (χ3n) is 6.28. The van der Waals surface area contributed by atoms with Crippen molar-refractivity contribution in [3.05, 3.63) is 12.4 Å². The number of aromatic nitrogens is 2. The number of rotatable bonds is 10. The van der Waals surface area contributed by atoms with E-state index in [2.05, 4.69) is 37.3 Å². The van der Waals surface area contributed by atoms with E-state index in [1.54, 1.807) is 6.33 Å². The summed E-state index contributed by atoms with van der Waals surface area (Å²) in [6.45, 7) is 9.23. The monoisotopic (exact) mass is 416 g/mol. The minimum absolute atomic E-state index is 0.204. The summed E-state index contributed by atoms with van der Waals surface area (Å²) < 4.78 is 0. The minimum atomic E-state index is 0.204. The van der Waals surface area contributed by atoms with Gasteiger partial charge >= 0.3 is 0 Å². The first-order valence-electron chi connectivity index (χ1n) is 12.0. The van der Waals surface area contributed by atoms with Gasteiger partial charge in [0.2, 0.25) is 5.91 Å². The molecule has 0 bridgehead atoms. The fraction of sp³-hybridized carbons (Fsp3) is 0.783. The van der Waals surface area contributed by atoms with Crippen LogP contribution in [0, 0.1) is 5.92 Å². The van der Waals surface area contributed by atoms with E-state index in [9.17, 15) is 4.79 Å². The average Bonchev–Trinajstić information content (AvgIpc) is 3.06. The first kappa shape index (κ1) is 22.8. The Hall–Kier alpha value is -1.89. The Morgan fingerprint density at radius 3 is 2.73 bits per heavy atom. The number of nitrogens with one attached hydrogen (secondary N) is 2. The van der Waals surface area contributed by atoms with Crippen LogP contribution in [0.4, 0.5) is 11.6 Å². The first-order chi connectivity index (χ1) is 14.7. The lowest BCUT2D eigenvalue weighted by Gasteiger charge is -2.33. The average molecular weight is 417 g/mol. The zero-order chi connectivity index (χ0) is 21.0. The molecule has 30 heavy (non-hydrogen) atoms. The predicted molar refractivity (Wildman–Crippen MR) is 123 cm³/mol. The van der Waals surface area contributed by atoms with Crippen molar-refractivity contribution >= 4 is 17.5 Å². The van der Waals surface area contributed by atoms with Gasteiger partial charge in [0.15, 0.2) is 0 Å². The number of hydrogen-bond acceptors (Lipinski definition) is 6. The number of likely N-dealkylation sites (tertiary alicyclic amines) is 1. The van der Waals surface area contributed by atoms with Crippen molar-refractivity contribution < 1.29 is 4.79 Å². The normalized spacial score (nSPS) is 20.6. The summed E-state index contributed by atoms with van der Waals surface area (Å²) in [6, 6.07) is 2.05. The zero-order valence-electron chi connectivity index (χ0n) is 18.7. The number of nitrogens with zero attached hydrogens (tertiary/aromatic N) is 4. The third-order valence-corrected chi connectivity index (χ3v) is 6.28. The van der Waals surface area contributed by atoms with E-state index in [0.29, 0.717) is 12.3 Å². The van der Waals surface area contributed by atoms with E-state index >= 15 is 0 Å². The summed E-state index contributed by atoms with van der Waals surface area (Å²) in [7, 11) is 0. The van der Waals surface area contributed by atoms with Crippen molar-refractivity contribution in [2.75, 3.05) is 56.0 Å². The van der Waals surface area contributed by atoms with Gasteiger partial charge in [-0.15, -0.1) is 0 Å². The molecule has 2 saturated heterocycles. The van der Waals surface area contributed by atoms with Gasteiger partial charge in [-0.25, -0.2) is 9.97 Å². The highest BCUT2D eigenvalue weighted by atomic mass is 16.1. The van der Waals surface area contributed by atoms with Crippen molar-refractivity contribution in [3.63, 3.8) is 0 Å². The van der Waals surface area contributed by atoms with Crippen LogP contribution in [0.1, 0.15) is 64.7 Å². The molecule has 3 rings (SSSR count). The van der Waals surface area contributed by atoms with E-state index in [1.165, 1.54) is 45.2 Å². The van der Waals surface area contributed by atoms with Gasteiger partial charge in [0.05, 0.1) is 0 Å². The second-order valence-corrected chi connectivity index (χ2v) is 8.79. The van der Waals surface area contributed by atoms with Gasteiger partial charge in [0, 0.05) is 45.2 Å². The highest BCUT2D eigenvalue weighted by molar-refractivity contribution is 5.75. The number of piperidine rings is 1. The molecule has 1 aromatic rings. The van der Waals surface area contributed by atoms with Crippen molar-refractivity contribution in [1.82, 2.24) is 20.2 Å². The molecular weight excluding hydrogens is 376 g/mol. The molecular formula is C23H40N6O. The maximum Gasteiger partial charge on any atom is 0.220 e. The van der Waals surface area contributed by atoms with Gasteiger partial charge in [0.1, 0.15) is 18.0 Å². The minimum Gasteiger partial charge on any atom is -0.370 e. The second-order valence-electron chi connectivity index (χ2n) is 8.79. The van der Waals surface area contributed by atoms with Crippen LogP contribution < -0.4 is 15.5 Å². The molecule has 2 aliphatic heterocycles. The van der Waals surface area contributed by atoms with Crippen LogP contribution in [-0.2, 0) is 4.79 Å². The van der Waals surface area contributed by atoms with Crippen molar-refractivity contribution in [3.8, 4) is 0 Å². The molecule has 0 unspecified atom stereocenters. The summed E-state index contributed by atoms with van der Waals surface area (Å²) in [4.78, 5) is 26.0. The zero-order valence-corrected chi connectivity index (χ0v) is 18.7. The molecule has 3 heterocycles. The van der Waals surface area contributed by atoms with Gasteiger partial charge in [-0.2, -0.15) is 0 Å². The number of anilines is 2. The molecule has 7 heteroatoms. The lowest BCUT2D eigenvalue weighted by molar-refractivity contribution is -0.121. The highest BCUT2D eigenvalue weighted by Gasteiger charge is 2.22. The Morgan fingerprint density at radius 2 is 1.93 bits per heavy atom. The lowest BCUT2D eigenvalue weighted by Crippen LogP contribution is -2.37. The first-order valence-corrected chi connectivity index (χ1v) is 12.0. The van der Waals surface area contributed by atoms with Gasteiger partial charge in [-0.1, -0.05) is 19.8 Å². The summed E-state index contributed by atoms with van der Waals surface area (Å²) in [5.74, 6) is 2.65. The molecule has 1 aromatic heterocycles. The molecule has 1 atom stereocenters. The van der Waals surface area contributed by atoms with Crippen molar-refractivity contribution in [1.29, 1.82) is 0 Å². The fourth-order valence-electron chi connectivity index (χ4n) is 4.52. The largest absolute Gasteiger partial charge is 0.370 e. The van der Waals surface area contributed by atoms with Crippen LogP contribution in [0.25, 0.3) is 0 Å². The van der Waals surface area contributed by atoms with E-state index in [4.69, 9.17) is 0 Å². The fourth-order valence-corrected chi connectivity index (χ4v) is 4.52. The Labute approximate surface area is 182 Å². The number of carbonyl (C=O) groups excluding carboxylic acids is 1. The third kappa shape index (κ3) is 7.74. The molecule has 2 aliphatic rings. The SMILES string of the molecule is CCCNc1cc(N2CCC[C@H](CCC(=O)NCCN3CCCCCC3)C2)ncn1. The molecule has 2 N–H and O–H groups in total. The number of amides is 1. The van der Waals surface area contributed by atoms with Crippen molar-refractivity contribution in [2.24, 2.45) is 5.92 Å². The van der Waals surface area contributed by atoms with Gasteiger partial charge in [-0.05, 0) is 57.5 Å². The summed E-state index contributed by atoms with van der Waals surface area (Å²) in [5, 5.41) is 6.47. The molecule has 168 valence electrons. The summed E-state index contributed by atoms with van der Waals surface area (Å²) in [6.07, 6.45) is 12.0. The van der Waals surface area contributed by atoms with Crippen LogP contribution in [-0.4, -0.2) is 66.6 Å². The molecule has 1 amide bonds. The molecule has 2 fully saturated rings. The van der Waals surface area contributed by atoms with Crippen molar-refractivity contribution in [2.45, 2.75) is 64.7 Å². The van der Waals surface area contributed by atoms with E-state index < -0.39 is 0 Å². The molecule has 0 saturated carbocycles. The van der Waals surface area contributed by atoms with E-state index in [-0.39, 0.29) is 5.91 Å². The van der Waals surface area contributed by atoms with E-state index in [0.717, 1.165) is 63.6 Å². The highest BCUT2D eigenvalue weighted by Crippen LogP contribution is 2.25. The topological polar surface area (TPSA) is 73.4 Å². The van der Waals surface area contributed by atoms with E-state index in [1.807, 2.05) is 6.07 Å². The Balaban J connectivity index is 1.36. The van der Waals surface area contributed by atoms with Crippen LogP contribution in [0.5, 0.6) is 0 Å². The lowest BCUT2D eigenvalue weighted by atomic mass is 9.93. The Bertz CT molecular complexity index is 632. The Kier molecular flexibility index (Phi) is 9.67. The number of hydrogen-bond donors (Lipinski definition) is 2. The summed E-state index contributed by atoms with van der Waals surface area (Å²) >= 11 is 0. The Morgan fingerprint density at radius 1 is 1.10 bits per heavy atom. The van der Waals surface area contributed by atoms with Crippen LogP contribution in [0.2, 0.25) is 0 Å². The quantitative estimate of drug-likeness (QED) is 0.610. The molecule has 7 nitrogen and oxygen atoms in total. The molecule has 0 aliphatic carbocycles. The maximum atomic E-state index is 12.3. The molecule has 0 aromatic carbocycles. The standard InChI is InChI=1S/C23H40N6O/c1-2-11-24-21-17-22(27-19-26-21)29-15-7-8-20(18-29)9-10-23(30)25-12-16-28-13-5-3-4-6-14-28/h17,19-20H,2-16,18H2,1H3,(H,25,30)(H,24,26,27)/t20-/m1/s1. The molecule has 0 radical (unpaired) electrons. The van der Waals surface area contributed by atoms with Gasteiger partial charge in [-0.3, -0.25) is 4.79 Å². The predicted octanol–water partition coefficient (Wildman–Crippen LogP) is 3.29. The van der Waals surface area contributed by atoms with Crippen LogP contribution in [0.15, 0.2) is 12.4 Å². The van der Waals surface area contributed by atoms with Crippen LogP contribution in [0.3, 0.4) is 0 Å². The van der Waals surface area contributed by atoms with Gasteiger partial charge in [0.25, 0.3) is 0 Å². The van der Waals surface area contributed by atoms with Crippen LogP contribution >= 0.6 is 0 Å². The molecule has 0 spiro atoms. The number of carbonyl (C=O) groups is 1. The smallest absolute Gasteiger partial charge is 0.220 e. The van der Waals surface area contributed by atoms with Gasteiger partial charge < -0.3 is 20.4 Å².